The van der Waals surface area contributed by atoms with Crippen molar-refractivity contribution in [2.24, 2.45) is 0 Å². The van der Waals surface area contributed by atoms with Crippen molar-refractivity contribution < 1.29 is 0 Å². The number of pyridine rings is 1. The number of fused-ring (bicyclic) bond motifs is 2. The zero-order chi connectivity index (χ0) is 22.9. The molecule has 0 bridgehead atoms. The van der Waals surface area contributed by atoms with Crippen LogP contribution in [0.3, 0.4) is 0 Å². The van der Waals surface area contributed by atoms with Gasteiger partial charge >= 0.3 is 0 Å². The molecule has 0 fully saturated rings. The molecule has 0 atom stereocenters. The highest BCUT2D eigenvalue weighted by Crippen LogP contribution is 2.51. The molecular formula is C30H19N3S. The molecule has 0 unspecified atom stereocenters. The van der Waals surface area contributed by atoms with Crippen molar-refractivity contribution in [3.05, 3.63) is 121 Å². The van der Waals surface area contributed by atoms with E-state index in [9.17, 15) is 5.26 Å². The summed E-state index contributed by atoms with van der Waals surface area (Å²) >= 11 is 1.81. The quantitative estimate of drug-likeness (QED) is 0.271. The molecule has 4 heteroatoms. The van der Waals surface area contributed by atoms with E-state index in [0.717, 1.165) is 27.9 Å². The Kier molecular flexibility index (Phi) is 5.10. The zero-order valence-electron chi connectivity index (χ0n) is 18.2. The lowest BCUT2D eigenvalue weighted by molar-refractivity contribution is 1.17. The van der Waals surface area contributed by atoms with Crippen molar-refractivity contribution in [1.82, 2.24) is 4.98 Å². The van der Waals surface area contributed by atoms with Crippen molar-refractivity contribution in [1.29, 1.82) is 5.26 Å². The summed E-state index contributed by atoms with van der Waals surface area (Å²) in [5, 5.41) is 9.32. The molecule has 160 valence electrons. The Balaban J connectivity index is 1.50. The van der Waals surface area contributed by atoms with Crippen molar-refractivity contribution in [3.63, 3.8) is 0 Å². The van der Waals surface area contributed by atoms with E-state index in [-0.39, 0.29) is 0 Å². The van der Waals surface area contributed by atoms with Gasteiger partial charge in [0.15, 0.2) is 0 Å². The zero-order valence-corrected chi connectivity index (χ0v) is 19.0. The minimum absolute atomic E-state index is 0.417. The smallest absolute Gasteiger partial charge is 0.141 e. The second kappa shape index (κ2) is 8.55. The third-order valence-corrected chi connectivity index (χ3v) is 7.09. The van der Waals surface area contributed by atoms with E-state index in [1.165, 1.54) is 21.2 Å². The van der Waals surface area contributed by atoms with E-state index in [0.29, 0.717) is 5.69 Å². The van der Waals surface area contributed by atoms with Gasteiger partial charge in [0.05, 0.1) is 11.4 Å². The fourth-order valence-corrected chi connectivity index (χ4v) is 5.50. The molecule has 0 N–H and O–H groups in total. The summed E-state index contributed by atoms with van der Waals surface area (Å²) in [5.74, 6) is 0. The lowest BCUT2D eigenvalue weighted by Gasteiger charge is -2.33. The summed E-state index contributed by atoms with van der Waals surface area (Å²) in [7, 11) is 0. The summed E-state index contributed by atoms with van der Waals surface area (Å²) in [5.41, 5.74) is 8.20. The molecule has 4 aromatic carbocycles. The summed E-state index contributed by atoms with van der Waals surface area (Å²) in [4.78, 5) is 8.96. The van der Waals surface area contributed by atoms with Crippen molar-refractivity contribution in [3.8, 4) is 28.3 Å². The third kappa shape index (κ3) is 3.53. The molecule has 1 aromatic heterocycles. The molecule has 0 amide bonds. The second-order valence-corrected chi connectivity index (χ2v) is 9.09. The van der Waals surface area contributed by atoms with Crippen LogP contribution >= 0.6 is 11.8 Å². The van der Waals surface area contributed by atoms with Gasteiger partial charge in [-0.3, -0.25) is 0 Å². The van der Waals surface area contributed by atoms with Crippen LogP contribution in [0.25, 0.3) is 22.3 Å². The third-order valence-electron chi connectivity index (χ3n) is 5.96. The maximum Gasteiger partial charge on any atom is 0.141 e. The van der Waals surface area contributed by atoms with Gasteiger partial charge in [0.1, 0.15) is 11.8 Å². The highest BCUT2D eigenvalue weighted by atomic mass is 32.2. The van der Waals surface area contributed by atoms with Gasteiger partial charge in [-0.25, -0.2) is 4.98 Å². The van der Waals surface area contributed by atoms with Crippen LogP contribution in [0.5, 0.6) is 0 Å². The molecular weight excluding hydrogens is 434 g/mol. The SMILES string of the molecule is N#Cc1cc(-c2ccccc2-c2cccc(N3c4ccccc4Sc4ccccc43)c2)ccn1. The fourth-order valence-electron chi connectivity index (χ4n) is 4.44. The summed E-state index contributed by atoms with van der Waals surface area (Å²) < 4.78 is 0. The Hall–Kier alpha value is -4.33. The van der Waals surface area contributed by atoms with E-state index in [2.05, 4.69) is 107 Å². The van der Waals surface area contributed by atoms with E-state index in [1.54, 1.807) is 6.20 Å². The maximum absolute atomic E-state index is 9.32. The summed E-state index contributed by atoms with van der Waals surface area (Å²) in [6, 6.07) is 40.0. The fraction of sp³-hybridized carbons (Fsp3) is 0. The highest BCUT2D eigenvalue weighted by Gasteiger charge is 2.24. The van der Waals surface area contributed by atoms with E-state index in [4.69, 9.17) is 0 Å². The predicted octanol–water partition coefficient (Wildman–Crippen LogP) is 8.22. The Labute approximate surface area is 203 Å². The molecule has 1 aliphatic heterocycles. The first-order chi connectivity index (χ1) is 16.8. The topological polar surface area (TPSA) is 39.9 Å². The Morgan fingerprint density at radius 3 is 1.94 bits per heavy atom. The predicted molar refractivity (Wildman–Crippen MR) is 139 cm³/mol. The van der Waals surface area contributed by atoms with E-state index in [1.807, 2.05) is 30.0 Å². The van der Waals surface area contributed by atoms with Gasteiger partial charge in [-0.15, -0.1) is 0 Å². The molecule has 2 heterocycles. The number of benzene rings is 4. The van der Waals surface area contributed by atoms with Gasteiger partial charge < -0.3 is 4.90 Å². The standard InChI is InChI=1S/C30H19N3S/c31-20-23-18-22(16-17-32-23)26-11-2-1-10-25(26)21-8-7-9-24(19-21)33-27-12-3-5-14-29(27)34-30-15-6-4-13-28(30)33/h1-19H. The first-order valence-electron chi connectivity index (χ1n) is 11.0. The van der Waals surface area contributed by atoms with Crippen molar-refractivity contribution in [2.45, 2.75) is 9.79 Å². The number of nitriles is 1. The Morgan fingerprint density at radius 1 is 0.647 bits per heavy atom. The second-order valence-electron chi connectivity index (χ2n) is 8.01. The van der Waals surface area contributed by atoms with Gasteiger partial charge in [0, 0.05) is 21.7 Å². The van der Waals surface area contributed by atoms with Crippen LogP contribution in [-0.2, 0) is 0 Å². The van der Waals surface area contributed by atoms with Crippen LogP contribution < -0.4 is 4.90 Å². The minimum atomic E-state index is 0.417. The maximum atomic E-state index is 9.32. The number of rotatable bonds is 3. The van der Waals surface area contributed by atoms with Gasteiger partial charge in [0.25, 0.3) is 0 Å². The van der Waals surface area contributed by atoms with Crippen LogP contribution in [-0.4, -0.2) is 4.98 Å². The lowest BCUT2D eigenvalue weighted by Crippen LogP contribution is -2.14. The molecule has 0 saturated heterocycles. The largest absolute Gasteiger partial charge is 0.308 e. The minimum Gasteiger partial charge on any atom is -0.308 e. The molecule has 5 aromatic rings. The Bertz CT molecular complexity index is 1520. The van der Waals surface area contributed by atoms with Gasteiger partial charge in [-0.05, 0) is 70.8 Å². The van der Waals surface area contributed by atoms with Crippen LogP contribution in [0.1, 0.15) is 5.69 Å². The summed E-state index contributed by atoms with van der Waals surface area (Å²) in [6.45, 7) is 0. The first kappa shape index (κ1) is 20.3. The number of anilines is 3. The number of para-hydroxylation sites is 2. The normalized spacial score (nSPS) is 11.9. The summed E-state index contributed by atoms with van der Waals surface area (Å²) in [6.07, 6.45) is 1.69. The molecule has 34 heavy (non-hydrogen) atoms. The number of hydrogen-bond acceptors (Lipinski definition) is 4. The molecule has 0 saturated carbocycles. The Morgan fingerprint density at radius 2 is 1.26 bits per heavy atom. The van der Waals surface area contributed by atoms with Crippen LogP contribution in [0, 0.1) is 11.3 Å². The average Bonchev–Trinajstić information content (AvgIpc) is 2.92. The molecule has 3 nitrogen and oxygen atoms in total. The van der Waals surface area contributed by atoms with Gasteiger partial charge in [-0.2, -0.15) is 5.26 Å². The highest BCUT2D eigenvalue weighted by molar-refractivity contribution is 7.99. The lowest BCUT2D eigenvalue weighted by atomic mass is 9.94. The van der Waals surface area contributed by atoms with Crippen LogP contribution in [0.4, 0.5) is 17.1 Å². The molecule has 1 aliphatic rings. The number of hydrogen-bond donors (Lipinski definition) is 0. The molecule has 0 aliphatic carbocycles. The van der Waals surface area contributed by atoms with E-state index >= 15 is 0 Å². The molecule has 0 spiro atoms. The molecule has 0 radical (unpaired) electrons. The first-order valence-corrected chi connectivity index (χ1v) is 11.9. The monoisotopic (exact) mass is 453 g/mol. The van der Waals surface area contributed by atoms with Crippen molar-refractivity contribution in [2.75, 3.05) is 4.90 Å². The van der Waals surface area contributed by atoms with Crippen LogP contribution in [0.15, 0.2) is 125 Å². The van der Waals surface area contributed by atoms with E-state index < -0.39 is 0 Å². The molecule has 6 rings (SSSR count). The number of nitrogens with zero attached hydrogens (tertiary/aromatic N) is 3. The van der Waals surface area contributed by atoms with Crippen LogP contribution in [0.2, 0.25) is 0 Å². The van der Waals surface area contributed by atoms with Crippen molar-refractivity contribution >= 4 is 28.8 Å². The van der Waals surface area contributed by atoms with Gasteiger partial charge in [-0.1, -0.05) is 72.4 Å². The number of aromatic nitrogens is 1. The average molecular weight is 454 g/mol. The van der Waals surface area contributed by atoms with Gasteiger partial charge in [0.2, 0.25) is 0 Å².